The van der Waals surface area contributed by atoms with E-state index < -0.39 is 0 Å². The van der Waals surface area contributed by atoms with Crippen LogP contribution in [0.5, 0.6) is 0 Å². The molecule has 1 heterocycles. The topological polar surface area (TPSA) is 26.0 Å². The molecule has 1 unspecified atom stereocenters. The molecule has 0 aliphatic heterocycles. The zero-order valence-electron chi connectivity index (χ0n) is 9.04. The molecule has 0 saturated carbocycles. The second-order valence-corrected chi connectivity index (χ2v) is 4.91. The molecular formula is C12H21NS. The Bertz CT molecular complexity index is 218. The van der Waals surface area contributed by atoms with Crippen LogP contribution in [-0.2, 0) is 6.42 Å². The molecule has 2 heteroatoms. The third kappa shape index (κ3) is 4.77. The fraction of sp³-hybridized carbons (Fsp3) is 0.667. The van der Waals surface area contributed by atoms with Crippen molar-refractivity contribution in [2.45, 2.75) is 51.5 Å². The summed E-state index contributed by atoms with van der Waals surface area (Å²) in [6, 6.07) is 4.72. The Hall–Kier alpha value is -0.340. The second kappa shape index (κ2) is 7.02. The van der Waals surface area contributed by atoms with Crippen molar-refractivity contribution in [3.05, 3.63) is 22.4 Å². The zero-order chi connectivity index (χ0) is 10.2. The van der Waals surface area contributed by atoms with Gasteiger partial charge < -0.3 is 5.73 Å². The molecule has 1 atom stereocenters. The molecule has 2 N–H and O–H groups in total. The van der Waals surface area contributed by atoms with Crippen LogP contribution in [0.15, 0.2) is 17.5 Å². The highest BCUT2D eigenvalue weighted by Crippen LogP contribution is 2.13. The van der Waals surface area contributed by atoms with Crippen LogP contribution in [-0.4, -0.2) is 6.04 Å². The molecule has 0 aromatic carbocycles. The molecule has 0 spiro atoms. The molecule has 1 aromatic heterocycles. The molecule has 1 nitrogen and oxygen atoms in total. The highest BCUT2D eigenvalue weighted by atomic mass is 32.1. The average Bonchev–Trinajstić information content (AvgIpc) is 2.68. The SMILES string of the molecule is CCCCCC(N)CCc1cccs1. The third-order valence-electron chi connectivity index (χ3n) is 2.52. The van der Waals surface area contributed by atoms with E-state index in [1.165, 1.54) is 30.6 Å². The van der Waals surface area contributed by atoms with Crippen LogP contribution in [0.3, 0.4) is 0 Å². The van der Waals surface area contributed by atoms with E-state index in [1.54, 1.807) is 0 Å². The number of unbranched alkanes of at least 4 members (excludes halogenated alkanes) is 2. The first-order valence-corrected chi connectivity index (χ1v) is 6.49. The van der Waals surface area contributed by atoms with Gasteiger partial charge in [-0.3, -0.25) is 0 Å². The molecule has 0 radical (unpaired) electrons. The molecule has 0 aliphatic carbocycles. The number of nitrogens with two attached hydrogens (primary N) is 1. The minimum Gasteiger partial charge on any atom is -0.328 e. The first-order valence-electron chi connectivity index (χ1n) is 5.61. The van der Waals surface area contributed by atoms with Crippen LogP contribution < -0.4 is 5.73 Å². The van der Waals surface area contributed by atoms with Crippen molar-refractivity contribution >= 4 is 11.3 Å². The van der Waals surface area contributed by atoms with Crippen LogP contribution >= 0.6 is 11.3 Å². The predicted octanol–water partition coefficient (Wildman–Crippen LogP) is 3.59. The summed E-state index contributed by atoms with van der Waals surface area (Å²) in [7, 11) is 0. The average molecular weight is 211 g/mol. The van der Waals surface area contributed by atoms with Crippen molar-refractivity contribution < 1.29 is 0 Å². The summed E-state index contributed by atoms with van der Waals surface area (Å²) >= 11 is 1.84. The third-order valence-corrected chi connectivity index (χ3v) is 3.46. The maximum atomic E-state index is 6.04. The lowest BCUT2D eigenvalue weighted by atomic mass is 10.0. The molecule has 14 heavy (non-hydrogen) atoms. The van der Waals surface area contributed by atoms with E-state index in [2.05, 4.69) is 24.4 Å². The predicted molar refractivity (Wildman–Crippen MR) is 64.8 cm³/mol. The molecule has 1 aromatic rings. The van der Waals surface area contributed by atoms with Crippen LogP contribution in [0.2, 0.25) is 0 Å². The number of rotatable bonds is 7. The maximum absolute atomic E-state index is 6.04. The van der Waals surface area contributed by atoms with Crippen LogP contribution in [0.1, 0.15) is 43.9 Å². The van der Waals surface area contributed by atoms with Gasteiger partial charge in [-0.25, -0.2) is 0 Å². The monoisotopic (exact) mass is 211 g/mol. The number of thiophene rings is 1. The second-order valence-electron chi connectivity index (χ2n) is 3.87. The van der Waals surface area contributed by atoms with Gasteiger partial charge in [-0.1, -0.05) is 32.3 Å². The minimum absolute atomic E-state index is 0.406. The standard InChI is InChI=1S/C12H21NS/c1-2-3-4-6-11(13)8-9-12-7-5-10-14-12/h5,7,10-11H,2-4,6,8-9,13H2,1H3. The zero-order valence-corrected chi connectivity index (χ0v) is 9.85. The van der Waals surface area contributed by atoms with Gasteiger partial charge in [-0.05, 0) is 30.7 Å². The van der Waals surface area contributed by atoms with Crippen molar-refractivity contribution in [3.63, 3.8) is 0 Å². The Kier molecular flexibility index (Phi) is 5.88. The normalized spacial score (nSPS) is 13.0. The summed E-state index contributed by atoms with van der Waals surface area (Å²) in [5.41, 5.74) is 6.04. The molecule has 0 amide bonds. The Labute approximate surface area is 91.3 Å². The lowest BCUT2D eigenvalue weighted by molar-refractivity contribution is 0.531. The fourth-order valence-corrected chi connectivity index (χ4v) is 2.31. The first-order chi connectivity index (χ1) is 6.83. The van der Waals surface area contributed by atoms with E-state index in [0.717, 1.165) is 12.8 Å². The fourth-order valence-electron chi connectivity index (χ4n) is 1.58. The van der Waals surface area contributed by atoms with Gasteiger partial charge >= 0.3 is 0 Å². The number of hydrogen-bond acceptors (Lipinski definition) is 2. The van der Waals surface area contributed by atoms with Crippen molar-refractivity contribution in [2.75, 3.05) is 0 Å². The Morgan fingerprint density at radius 2 is 2.21 bits per heavy atom. The molecule has 0 fully saturated rings. The largest absolute Gasteiger partial charge is 0.328 e. The van der Waals surface area contributed by atoms with E-state index in [9.17, 15) is 0 Å². The molecule has 0 saturated heterocycles. The van der Waals surface area contributed by atoms with Crippen molar-refractivity contribution in [1.29, 1.82) is 0 Å². The van der Waals surface area contributed by atoms with Gasteiger partial charge in [0.05, 0.1) is 0 Å². The Morgan fingerprint density at radius 3 is 2.86 bits per heavy atom. The van der Waals surface area contributed by atoms with E-state index in [4.69, 9.17) is 5.73 Å². The summed E-state index contributed by atoms with van der Waals surface area (Å²) in [5.74, 6) is 0. The quantitative estimate of drug-likeness (QED) is 0.685. The van der Waals surface area contributed by atoms with Crippen LogP contribution in [0.25, 0.3) is 0 Å². The van der Waals surface area contributed by atoms with Gasteiger partial charge in [0.15, 0.2) is 0 Å². The number of aryl methyl sites for hydroxylation is 1. The Balaban J connectivity index is 2.06. The highest BCUT2D eigenvalue weighted by Gasteiger charge is 2.02. The molecule has 80 valence electrons. The lowest BCUT2D eigenvalue weighted by Crippen LogP contribution is -2.20. The summed E-state index contributed by atoms with van der Waals surface area (Å²) < 4.78 is 0. The van der Waals surface area contributed by atoms with Gasteiger partial charge in [-0.15, -0.1) is 11.3 Å². The molecule has 0 bridgehead atoms. The van der Waals surface area contributed by atoms with Crippen molar-refractivity contribution in [1.82, 2.24) is 0 Å². The maximum Gasteiger partial charge on any atom is 0.00458 e. The van der Waals surface area contributed by atoms with E-state index in [-0.39, 0.29) is 0 Å². The summed E-state index contributed by atoms with van der Waals surface area (Å²) in [4.78, 5) is 1.47. The lowest BCUT2D eigenvalue weighted by Gasteiger charge is -2.09. The van der Waals surface area contributed by atoms with Crippen molar-refractivity contribution in [3.8, 4) is 0 Å². The van der Waals surface area contributed by atoms with Gasteiger partial charge in [0.2, 0.25) is 0 Å². The summed E-state index contributed by atoms with van der Waals surface area (Å²) in [6.45, 7) is 2.23. The smallest absolute Gasteiger partial charge is 0.00458 e. The summed E-state index contributed by atoms with van der Waals surface area (Å²) in [6.07, 6.45) is 7.40. The van der Waals surface area contributed by atoms with E-state index in [1.807, 2.05) is 11.3 Å². The van der Waals surface area contributed by atoms with Crippen molar-refractivity contribution in [2.24, 2.45) is 5.73 Å². The van der Waals surface area contributed by atoms with Gasteiger partial charge in [-0.2, -0.15) is 0 Å². The first kappa shape index (κ1) is 11.7. The molecule has 1 rings (SSSR count). The Morgan fingerprint density at radius 1 is 1.36 bits per heavy atom. The van der Waals surface area contributed by atoms with E-state index in [0.29, 0.717) is 6.04 Å². The number of hydrogen-bond donors (Lipinski definition) is 1. The highest BCUT2D eigenvalue weighted by molar-refractivity contribution is 7.09. The van der Waals surface area contributed by atoms with Gasteiger partial charge in [0, 0.05) is 10.9 Å². The van der Waals surface area contributed by atoms with Crippen LogP contribution in [0.4, 0.5) is 0 Å². The van der Waals surface area contributed by atoms with Gasteiger partial charge in [0.1, 0.15) is 0 Å². The summed E-state index contributed by atoms with van der Waals surface area (Å²) in [5, 5.41) is 2.14. The molecular weight excluding hydrogens is 190 g/mol. The molecule has 0 aliphatic rings. The van der Waals surface area contributed by atoms with Crippen LogP contribution in [0, 0.1) is 0 Å². The van der Waals surface area contributed by atoms with Gasteiger partial charge in [0.25, 0.3) is 0 Å². The minimum atomic E-state index is 0.406. The van der Waals surface area contributed by atoms with E-state index >= 15 is 0 Å².